The first-order valence-corrected chi connectivity index (χ1v) is 9.00. The van der Waals surface area contributed by atoms with Crippen molar-refractivity contribution in [1.82, 2.24) is 15.1 Å². The van der Waals surface area contributed by atoms with Gasteiger partial charge >= 0.3 is 0 Å². The molecular weight excluding hydrogens is 300 g/mol. The number of piperazine rings is 1. The normalized spacial score (nSPS) is 15.8. The third-order valence-electron chi connectivity index (χ3n) is 4.50. The van der Waals surface area contributed by atoms with Crippen molar-refractivity contribution in [3.05, 3.63) is 29.8 Å². The van der Waals surface area contributed by atoms with Crippen molar-refractivity contribution in [2.24, 2.45) is 0 Å². The lowest BCUT2D eigenvalue weighted by Crippen LogP contribution is -2.47. The minimum Gasteiger partial charge on any atom is -0.369 e. The van der Waals surface area contributed by atoms with Crippen LogP contribution < -0.4 is 10.2 Å². The van der Waals surface area contributed by atoms with E-state index in [1.807, 2.05) is 0 Å². The van der Waals surface area contributed by atoms with E-state index in [1.54, 1.807) is 0 Å². The third kappa shape index (κ3) is 6.49. The second-order valence-electron chi connectivity index (χ2n) is 6.92. The molecule has 1 aliphatic rings. The summed E-state index contributed by atoms with van der Waals surface area (Å²) in [6, 6.07) is 8.69. The number of rotatable bonds is 8. The molecule has 24 heavy (non-hydrogen) atoms. The van der Waals surface area contributed by atoms with Crippen LogP contribution >= 0.6 is 0 Å². The minimum absolute atomic E-state index is 0.176. The fourth-order valence-corrected chi connectivity index (χ4v) is 3.03. The number of amides is 1. The summed E-state index contributed by atoms with van der Waals surface area (Å²) >= 11 is 0. The Kier molecular flexibility index (Phi) is 7.53. The van der Waals surface area contributed by atoms with Crippen LogP contribution in [0.3, 0.4) is 0 Å². The Balaban J connectivity index is 1.62. The molecule has 134 valence electrons. The Hall–Kier alpha value is -1.59. The van der Waals surface area contributed by atoms with Crippen molar-refractivity contribution in [3.8, 4) is 0 Å². The number of anilines is 1. The number of hydrogen-bond acceptors (Lipinski definition) is 4. The molecule has 1 amide bonds. The molecule has 1 heterocycles. The Bertz CT molecular complexity index is 510. The molecule has 0 radical (unpaired) electrons. The fraction of sp³-hybridized carbons (Fsp3) is 0.632. The van der Waals surface area contributed by atoms with Crippen molar-refractivity contribution in [1.29, 1.82) is 0 Å². The van der Waals surface area contributed by atoms with Gasteiger partial charge in [0.25, 0.3) is 0 Å². The van der Waals surface area contributed by atoms with Crippen molar-refractivity contribution in [2.45, 2.75) is 19.8 Å². The molecule has 1 aromatic carbocycles. The lowest BCUT2D eigenvalue weighted by atomic mass is 10.2. The first kappa shape index (κ1) is 18.7. The molecule has 1 N–H and O–H groups in total. The summed E-state index contributed by atoms with van der Waals surface area (Å²) < 4.78 is 0. The van der Waals surface area contributed by atoms with Crippen LogP contribution in [-0.2, 0) is 4.79 Å². The van der Waals surface area contributed by atoms with Crippen LogP contribution in [0.15, 0.2) is 24.3 Å². The van der Waals surface area contributed by atoms with Gasteiger partial charge in [0.05, 0.1) is 0 Å². The van der Waals surface area contributed by atoms with Gasteiger partial charge in [0.1, 0.15) is 0 Å². The zero-order chi connectivity index (χ0) is 17.4. The first-order chi connectivity index (χ1) is 11.5. The quantitative estimate of drug-likeness (QED) is 0.734. The number of aryl methyl sites for hydroxylation is 1. The molecule has 0 aromatic heterocycles. The molecule has 1 fully saturated rings. The van der Waals surface area contributed by atoms with Crippen molar-refractivity contribution in [2.75, 3.05) is 64.8 Å². The third-order valence-corrected chi connectivity index (χ3v) is 4.50. The van der Waals surface area contributed by atoms with Crippen LogP contribution in [0.25, 0.3) is 0 Å². The van der Waals surface area contributed by atoms with E-state index in [2.05, 4.69) is 65.3 Å². The molecule has 5 nitrogen and oxygen atoms in total. The van der Waals surface area contributed by atoms with E-state index in [9.17, 15) is 4.79 Å². The number of nitrogens with zero attached hydrogens (tertiary/aromatic N) is 3. The van der Waals surface area contributed by atoms with Crippen LogP contribution in [0.1, 0.15) is 18.4 Å². The highest BCUT2D eigenvalue weighted by Gasteiger charge is 2.17. The number of hydrogen-bond donors (Lipinski definition) is 1. The maximum Gasteiger partial charge on any atom is 0.221 e. The van der Waals surface area contributed by atoms with Crippen LogP contribution in [0.5, 0.6) is 0 Å². The summed E-state index contributed by atoms with van der Waals surface area (Å²) in [4.78, 5) is 18.9. The first-order valence-electron chi connectivity index (χ1n) is 9.00. The SMILES string of the molecule is Cc1cccc(N2CCN(CCC(=O)NCCCN(C)C)CC2)c1. The van der Waals surface area contributed by atoms with Gasteiger partial charge in [-0.05, 0) is 51.7 Å². The van der Waals surface area contributed by atoms with E-state index in [0.717, 1.165) is 52.2 Å². The van der Waals surface area contributed by atoms with Crippen LogP contribution in [0, 0.1) is 6.92 Å². The highest BCUT2D eigenvalue weighted by Crippen LogP contribution is 2.17. The maximum absolute atomic E-state index is 11.9. The van der Waals surface area contributed by atoms with E-state index in [1.165, 1.54) is 11.3 Å². The molecule has 5 heteroatoms. The van der Waals surface area contributed by atoms with E-state index in [-0.39, 0.29) is 5.91 Å². The predicted octanol–water partition coefficient (Wildman–Crippen LogP) is 1.58. The molecule has 1 aromatic rings. The standard InChI is InChI=1S/C19H32N4O/c1-17-6-4-7-18(16-17)23-14-12-22(13-15-23)11-8-19(24)20-9-5-10-21(2)3/h4,6-7,16H,5,8-15H2,1-3H3,(H,20,24). The number of nitrogens with one attached hydrogen (secondary N) is 1. The van der Waals surface area contributed by atoms with E-state index in [4.69, 9.17) is 0 Å². The van der Waals surface area contributed by atoms with Crippen molar-refractivity contribution >= 4 is 11.6 Å². The molecular formula is C19H32N4O. The van der Waals surface area contributed by atoms with Gasteiger partial charge in [0, 0.05) is 51.4 Å². The topological polar surface area (TPSA) is 38.8 Å². The van der Waals surface area contributed by atoms with Crippen LogP contribution in [0.4, 0.5) is 5.69 Å². The average Bonchev–Trinajstić information content (AvgIpc) is 2.57. The number of benzene rings is 1. The van der Waals surface area contributed by atoms with Gasteiger partial charge in [-0.15, -0.1) is 0 Å². The van der Waals surface area contributed by atoms with Crippen molar-refractivity contribution < 1.29 is 4.79 Å². The zero-order valence-corrected chi connectivity index (χ0v) is 15.4. The molecule has 0 bridgehead atoms. The summed E-state index contributed by atoms with van der Waals surface area (Å²) in [5, 5.41) is 3.02. The minimum atomic E-state index is 0.176. The van der Waals surface area contributed by atoms with Crippen LogP contribution in [-0.4, -0.2) is 75.6 Å². The van der Waals surface area contributed by atoms with Gasteiger partial charge in [0.15, 0.2) is 0 Å². The van der Waals surface area contributed by atoms with Crippen LogP contribution in [0.2, 0.25) is 0 Å². The number of carbonyl (C=O) groups excluding carboxylic acids is 1. The number of carbonyl (C=O) groups is 1. The monoisotopic (exact) mass is 332 g/mol. The van der Waals surface area contributed by atoms with Gasteiger partial charge in [-0.3, -0.25) is 9.69 Å². The summed E-state index contributed by atoms with van der Waals surface area (Å²) in [5.41, 5.74) is 2.62. The summed E-state index contributed by atoms with van der Waals surface area (Å²) in [6.07, 6.45) is 1.61. The molecule has 1 saturated heterocycles. The zero-order valence-electron chi connectivity index (χ0n) is 15.4. The molecule has 0 saturated carbocycles. The molecule has 0 atom stereocenters. The van der Waals surface area contributed by atoms with Gasteiger partial charge in [-0.2, -0.15) is 0 Å². The Morgan fingerprint density at radius 3 is 2.62 bits per heavy atom. The largest absolute Gasteiger partial charge is 0.369 e. The second-order valence-corrected chi connectivity index (χ2v) is 6.92. The van der Waals surface area contributed by atoms with E-state index < -0.39 is 0 Å². The fourth-order valence-electron chi connectivity index (χ4n) is 3.03. The second kappa shape index (κ2) is 9.64. The predicted molar refractivity (Wildman–Crippen MR) is 101 cm³/mol. The van der Waals surface area contributed by atoms with Crippen molar-refractivity contribution in [3.63, 3.8) is 0 Å². The lowest BCUT2D eigenvalue weighted by Gasteiger charge is -2.36. The highest BCUT2D eigenvalue weighted by atomic mass is 16.1. The van der Waals surface area contributed by atoms with Gasteiger partial charge < -0.3 is 15.1 Å². The molecule has 0 spiro atoms. The lowest BCUT2D eigenvalue weighted by molar-refractivity contribution is -0.121. The van der Waals surface area contributed by atoms with Gasteiger partial charge in [0.2, 0.25) is 5.91 Å². The Morgan fingerprint density at radius 1 is 1.21 bits per heavy atom. The highest BCUT2D eigenvalue weighted by molar-refractivity contribution is 5.76. The summed E-state index contributed by atoms with van der Waals surface area (Å²) in [5.74, 6) is 0.176. The van der Waals surface area contributed by atoms with E-state index >= 15 is 0 Å². The Morgan fingerprint density at radius 2 is 1.96 bits per heavy atom. The Labute approximate surface area is 146 Å². The average molecular weight is 332 g/mol. The maximum atomic E-state index is 11.9. The molecule has 2 rings (SSSR count). The summed E-state index contributed by atoms with van der Waals surface area (Å²) in [7, 11) is 4.11. The summed E-state index contributed by atoms with van der Waals surface area (Å²) in [6.45, 7) is 8.92. The molecule has 1 aliphatic heterocycles. The van der Waals surface area contributed by atoms with E-state index in [0.29, 0.717) is 6.42 Å². The van der Waals surface area contributed by atoms with Gasteiger partial charge in [-0.1, -0.05) is 12.1 Å². The smallest absolute Gasteiger partial charge is 0.221 e. The van der Waals surface area contributed by atoms with Gasteiger partial charge in [-0.25, -0.2) is 0 Å². The molecule has 0 aliphatic carbocycles. The molecule has 0 unspecified atom stereocenters.